The number of pyridine rings is 1. The fourth-order valence-corrected chi connectivity index (χ4v) is 5.67. The number of phenols is 2. The normalized spacial score (nSPS) is 19.4. The van der Waals surface area contributed by atoms with Crippen molar-refractivity contribution >= 4 is 33.8 Å². The molecule has 0 saturated carbocycles. The molecule has 1 amide bonds. The zero-order valence-corrected chi connectivity index (χ0v) is 21.2. The van der Waals surface area contributed by atoms with Gasteiger partial charge in [0.1, 0.15) is 6.61 Å². The molecule has 1 aromatic carbocycles. The summed E-state index contributed by atoms with van der Waals surface area (Å²) < 4.78 is 30.8. The Hall–Kier alpha value is -3.19. The number of carboxylic acids is 1. The van der Waals surface area contributed by atoms with E-state index in [1.165, 1.54) is 24.4 Å². The van der Waals surface area contributed by atoms with Crippen LogP contribution in [0.3, 0.4) is 0 Å². The van der Waals surface area contributed by atoms with Crippen molar-refractivity contribution in [1.82, 2.24) is 9.88 Å². The number of phenolic OH excluding ortho intramolecular Hbond substituents is 2. The van der Waals surface area contributed by atoms with Crippen molar-refractivity contribution in [2.24, 2.45) is 0 Å². The number of amides is 1. The van der Waals surface area contributed by atoms with Crippen molar-refractivity contribution in [2.75, 3.05) is 12.4 Å². The Kier molecular flexibility index (Phi) is 7.70. The Morgan fingerprint density at radius 3 is 2.57 bits per heavy atom. The molecule has 2 aliphatic rings. The Balaban J connectivity index is 0.00000342. The number of fused-ring (bicyclic) bond motifs is 1. The fourth-order valence-electron chi connectivity index (χ4n) is 3.73. The summed E-state index contributed by atoms with van der Waals surface area (Å²) in [7, 11) is -4.05. The Labute approximate surface area is 221 Å². The number of esters is 1. The number of carboxylic acid groups (broad SMARTS) is 1. The zero-order chi connectivity index (χ0) is 24.6. The molecule has 0 radical (unpaired) electrons. The van der Waals surface area contributed by atoms with Gasteiger partial charge in [0, 0.05) is 11.8 Å². The van der Waals surface area contributed by atoms with Crippen LogP contribution in [0.15, 0.2) is 59.4 Å². The number of rotatable bonds is 6. The van der Waals surface area contributed by atoms with E-state index in [1.54, 1.807) is 18.2 Å². The van der Waals surface area contributed by atoms with Gasteiger partial charge in [0.2, 0.25) is 0 Å². The molecule has 1 saturated heterocycles. The summed E-state index contributed by atoms with van der Waals surface area (Å²) in [5.41, 5.74) is -0.449. The van der Waals surface area contributed by atoms with Crippen LogP contribution in [0, 0.1) is 0 Å². The number of β-lactam (4-membered cyclic amide) rings is 1. The van der Waals surface area contributed by atoms with Crippen LogP contribution < -0.4 is 34.7 Å². The van der Waals surface area contributed by atoms with Crippen LogP contribution in [0.4, 0.5) is 0 Å². The van der Waals surface area contributed by atoms with Crippen LogP contribution in [0.2, 0.25) is 0 Å². The predicted octanol–water partition coefficient (Wildman–Crippen LogP) is -3.73. The fraction of sp³-hybridized carbons (Fsp3) is 0.182. The Morgan fingerprint density at radius 2 is 1.94 bits per heavy atom. The molecule has 1 aromatic heterocycles. The maximum absolute atomic E-state index is 12.9. The number of ether oxygens (including phenoxy) is 1. The quantitative estimate of drug-likeness (QED) is 0.130. The van der Waals surface area contributed by atoms with Crippen molar-refractivity contribution in [3.8, 4) is 11.5 Å². The van der Waals surface area contributed by atoms with E-state index in [2.05, 4.69) is 4.98 Å². The first-order valence-corrected chi connectivity index (χ1v) is 11.6. The van der Waals surface area contributed by atoms with Gasteiger partial charge < -0.3 is 24.9 Å². The number of aliphatic carboxylic acids is 1. The molecule has 0 spiro atoms. The van der Waals surface area contributed by atoms with Crippen molar-refractivity contribution in [3.05, 3.63) is 70.7 Å². The molecule has 1 atom stereocenters. The van der Waals surface area contributed by atoms with E-state index in [-0.39, 0.29) is 52.9 Å². The maximum atomic E-state index is 12.9. The second-order valence-electron chi connectivity index (χ2n) is 7.59. The van der Waals surface area contributed by atoms with Gasteiger partial charge in [0.05, 0.1) is 35.1 Å². The third-order valence-electron chi connectivity index (χ3n) is 5.24. The average Bonchev–Trinajstić information content (AvgIpc) is 2.78. The molecule has 2 aromatic rings. The number of aromatic hydroxyl groups is 2. The summed E-state index contributed by atoms with van der Waals surface area (Å²) in [5, 5.41) is 29.1. The van der Waals surface area contributed by atoms with Gasteiger partial charge >= 0.3 is 35.5 Å². The average molecular weight is 508 g/mol. The maximum Gasteiger partial charge on any atom is 1.00 e. The molecule has 1 unspecified atom stereocenters. The van der Waals surface area contributed by atoms with Crippen molar-refractivity contribution in [2.45, 2.75) is 11.8 Å². The molecule has 35 heavy (non-hydrogen) atoms. The summed E-state index contributed by atoms with van der Waals surface area (Å²) in [6.45, 7) is -0.693. The van der Waals surface area contributed by atoms with E-state index in [4.69, 9.17) is 4.74 Å². The molecule has 2 N–H and O–H groups in total. The van der Waals surface area contributed by atoms with E-state index < -0.39 is 56.9 Å². The van der Waals surface area contributed by atoms with Crippen LogP contribution in [0.25, 0.3) is 6.08 Å². The minimum Gasteiger partial charge on any atom is -0.543 e. The molecule has 3 heterocycles. The third kappa shape index (κ3) is 5.25. The first kappa shape index (κ1) is 26.4. The minimum absolute atomic E-state index is 0. The van der Waals surface area contributed by atoms with Crippen LogP contribution >= 0.6 is 0 Å². The van der Waals surface area contributed by atoms with Crippen LogP contribution in [-0.4, -0.2) is 64.1 Å². The van der Waals surface area contributed by atoms with Crippen LogP contribution in [0.1, 0.15) is 11.3 Å². The Bertz CT molecular complexity index is 1370. The molecule has 176 valence electrons. The van der Waals surface area contributed by atoms with Gasteiger partial charge in [-0.1, -0.05) is 12.1 Å². The minimum atomic E-state index is -4.05. The summed E-state index contributed by atoms with van der Waals surface area (Å²) >= 11 is 0. The van der Waals surface area contributed by atoms with Gasteiger partial charge in [-0.05, 0) is 35.9 Å². The summed E-state index contributed by atoms with van der Waals surface area (Å²) in [4.78, 5) is 41.3. The molecule has 4 rings (SSSR count). The summed E-state index contributed by atoms with van der Waals surface area (Å²) in [5.74, 6) is -5.03. The number of carbonyl (C=O) groups is 3. The second-order valence-corrected chi connectivity index (χ2v) is 9.65. The van der Waals surface area contributed by atoms with Gasteiger partial charge in [-0.2, -0.15) is 0 Å². The molecule has 0 bridgehead atoms. The number of aromatic nitrogens is 1. The van der Waals surface area contributed by atoms with Crippen molar-refractivity contribution in [1.29, 1.82) is 0 Å². The van der Waals surface area contributed by atoms with Gasteiger partial charge in [-0.15, -0.1) is 0 Å². The van der Waals surface area contributed by atoms with Gasteiger partial charge in [-0.25, -0.2) is 8.42 Å². The Morgan fingerprint density at radius 1 is 1.20 bits per heavy atom. The number of benzene rings is 1. The number of hydrogen-bond acceptors (Lipinski definition) is 10. The first-order valence-electron chi connectivity index (χ1n) is 9.86. The zero-order valence-electron chi connectivity index (χ0n) is 18.4. The van der Waals surface area contributed by atoms with E-state index in [0.29, 0.717) is 16.2 Å². The summed E-state index contributed by atoms with van der Waals surface area (Å²) in [6, 6.07) is 8.54. The smallest absolute Gasteiger partial charge is 0.543 e. The monoisotopic (exact) mass is 508 g/mol. The number of nitrogens with zero attached hydrogens (tertiary/aromatic N) is 2. The first-order chi connectivity index (χ1) is 16.1. The molecule has 13 heteroatoms. The van der Waals surface area contributed by atoms with Gasteiger partial charge in [0.15, 0.2) is 26.7 Å². The number of carbonyl (C=O) groups excluding carboxylic acids is 3. The SMILES string of the molecule is O=C(Cc1ccc(O)c(O)c1)OCC1=C(C(=O)[O-])N2C(=O)/C(=C/c3ccccn3)C2S(=O)(=O)C1.[Na+]. The van der Waals surface area contributed by atoms with Gasteiger partial charge in [0.25, 0.3) is 5.91 Å². The molecule has 11 nitrogen and oxygen atoms in total. The summed E-state index contributed by atoms with van der Waals surface area (Å²) in [6.07, 6.45) is 2.41. The van der Waals surface area contributed by atoms with E-state index >= 15 is 0 Å². The topological polar surface area (TPSA) is 174 Å². The number of hydrogen-bond donors (Lipinski definition) is 2. The standard InChI is InChI=1S/C22H18N2O9S.Na/c25-16-5-4-12(7-17(16)26)8-18(27)33-10-13-11-34(31,32)21-15(9-14-3-1-2-6-23-14)20(28)24(21)19(13)22(29)30;/h1-7,9,21,25-26H,8,10-11H2,(H,29,30);/q;+1/p-1/b15-9-;. The molecular weight excluding hydrogens is 491 g/mol. The third-order valence-corrected chi connectivity index (χ3v) is 7.13. The number of sulfone groups is 1. The van der Waals surface area contributed by atoms with Crippen LogP contribution in [-0.2, 0) is 35.4 Å². The largest absolute Gasteiger partial charge is 1.00 e. The molecule has 0 aliphatic carbocycles. The van der Waals surface area contributed by atoms with Crippen molar-refractivity contribution < 1.29 is 72.4 Å². The van der Waals surface area contributed by atoms with E-state index in [1.807, 2.05) is 0 Å². The predicted molar refractivity (Wildman–Crippen MR) is 113 cm³/mol. The second kappa shape index (κ2) is 10.2. The van der Waals surface area contributed by atoms with Gasteiger partial charge in [-0.3, -0.25) is 19.5 Å². The van der Waals surface area contributed by atoms with Crippen molar-refractivity contribution in [3.63, 3.8) is 0 Å². The van der Waals surface area contributed by atoms with E-state index in [0.717, 1.165) is 6.07 Å². The van der Waals surface area contributed by atoms with E-state index in [9.17, 15) is 38.1 Å². The molecular formula is C22H17N2NaO9S. The van der Waals surface area contributed by atoms with Crippen LogP contribution in [0.5, 0.6) is 11.5 Å². The molecule has 1 fully saturated rings. The molecule has 2 aliphatic heterocycles.